The van der Waals surface area contributed by atoms with Crippen molar-refractivity contribution in [3.63, 3.8) is 0 Å². The molecule has 1 aliphatic heterocycles. The van der Waals surface area contributed by atoms with Crippen LogP contribution in [0.15, 0.2) is 72.8 Å². The number of ketones is 1. The monoisotopic (exact) mass is 359 g/mol. The van der Waals surface area contributed by atoms with Crippen LogP contribution in [0.4, 0.5) is 0 Å². The summed E-state index contributed by atoms with van der Waals surface area (Å²) >= 11 is 0. The van der Waals surface area contributed by atoms with E-state index in [1.165, 1.54) is 11.1 Å². The Balaban J connectivity index is 1.48. The number of hydrogen-bond donors (Lipinski definition) is 2. The molecule has 2 aromatic rings. The zero-order valence-corrected chi connectivity index (χ0v) is 15.3. The van der Waals surface area contributed by atoms with Crippen LogP contribution in [0.1, 0.15) is 30.4 Å². The first-order valence-corrected chi connectivity index (χ1v) is 9.66. The van der Waals surface area contributed by atoms with Crippen LogP contribution in [-0.4, -0.2) is 29.6 Å². The highest BCUT2D eigenvalue weighted by atomic mass is 16.3. The number of allylic oxidation sites excluding steroid dienone is 1. The molecule has 0 aromatic heterocycles. The van der Waals surface area contributed by atoms with E-state index in [-0.39, 0.29) is 17.7 Å². The molecule has 1 heterocycles. The Morgan fingerprint density at radius 3 is 2.19 bits per heavy atom. The maximum Gasteiger partial charge on any atom is 0.153 e. The molecule has 3 atom stereocenters. The van der Waals surface area contributed by atoms with E-state index in [9.17, 15) is 9.90 Å². The van der Waals surface area contributed by atoms with Crippen molar-refractivity contribution in [2.75, 3.05) is 6.54 Å². The van der Waals surface area contributed by atoms with Gasteiger partial charge in [0.25, 0.3) is 0 Å². The number of Topliss-reactive ketones (excluding diaryl/α,β-unsaturated/α-hetero) is 1. The Labute approximate surface area is 160 Å². The fraction of sp³-hybridized carbons (Fsp3) is 0.292. The van der Waals surface area contributed by atoms with Crippen molar-refractivity contribution in [2.24, 2.45) is 5.92 Å². The van der Waals surface area contributed by atoms with Crippen LogP contribution in [0.2, 0.25) is 0 Å². The Morgan fingerprint density at radius 1 is 0.889 bits per heavy atom. The van der Waals surface area contributed by atoms with Crippen molar-refractivity contribution >= 4 is 16.9 Å². The van der Waals surface area contributed by atoms with Crippen LogP contribution < -0.4 is 5.32 Å². The second kappa shape index (κ2) is 8.03. The van der Waals surface area contributed by atoms with E-state index in [4.69, 9.17) is 0 Å². The highest BCUT2D eigenvalue weighted by molar-refractivity contribution is 5.91. The Hall–Kier alpha value is -2.49. The predicted octanol–water partition coefficient (Wildman–Crippen LogP) is 3.86. The smallest absolute Gasteiger partial charge is 0.153 e. The lowest BCUT2D eigenvalue weighted by Crippen LogP contribution is -2.44. The third-order valence-corrected chi connectivity index (χ3v) is 5.56. The van der Waals surface area contributed by atoms with Gasteiger partial charge in [0.05, 0.1) is 12.1 Å². The fourth-order valence-corrected chi connectivity index (χ4v) is 4.17. The zero-order chi connectivity index (χ0) is 18.6. The average molecular weight is 359 g/mol. The van der Waals surface area contributed by atoms with Crippen molar-refractivity contribution in [3.8, 4) is 0 Å². The topological polar surface area (TPSA) is 49.3 Å². The second-order valence-electron chi connectivity index (χ2n) is 7.42. The predicted molar refractivity (Wildman–Crippen MR) is 109 cm³/mol. The highest BCUT2D eigenvalue weighted by Crippen LogP contribution is 2.34. The number of carbonyl (C=O) groups is 1. The molecule has 3 nitrogen and oxygen atoms in total. The Bertz CT molecular complexity index is 854. The number of benzene rings is 2. The number of rotatable bonds is 4. The van der Waals surface area contributed by atoms with Gasteiger partial charge in [-0.15, -0.1) is 0 Å². The number of carbonyl (C=O) groups excluding carboxylic acids is 1. The number of aliphatic hydroxyl groups is 1. The van der Waals surface area contributed by atoms with Crippen molar-refractivity contribution < 1.29 is 9.90 Å². The molecule has 2 unspecified atom stereocenters. The lowest BCUT2D eigenvalue weighted by Gasteiger charge is -2.31. The van der Waals surface area contributed by atoms with Gasteiger partial charge in [-0.25, -0.2) is 0 Å². The summed E-state index contributed by atoms with van der Waals surface area (Å²) in [5, 5.41) is 13.7. The van der Waals surface area contributed by atoms with E-state index in [2.05, 4.69) is 23.5 Å². The molecular formula is C24H25NO2. The van der Waals surface area contributed by atoms with Gasteiger partial charge >= 0.3 is 0 Å². The summed E-state index contributed by atoms with van der Waals surface area (Å²) in [6.07, 6.45) is 5.43. The van der Waals surface area contributed by atoms with Crippen LogP contribution in [0.5, 0.6) is 0 Å². The SMILES string of the molecule is O=C(C1CC(c2ccccc2)=C[C@@H](O)C1)C1CC(c2ccccc2)=CCN1. The van der Waals surface area contributed by atoms with Gasteiger partial charge < -0.3 is 10.4 Å². The van der Waals surface area contributed by atoms with E-state index >= 15 is 0 Å². The van der Waals surface area contributed by atoms with Crippen LogP contribution in [-0.2, 0) is 4.79 Å². The fourth-order valence-electron chi connectivity index (χ4n) is 4.17. The summed E-state index contributed by atoms with van der Waals surface area (Å²) < 4.78 is 0. The molecule has 2 aliphatic rings. The molecule has 0 radical (unpaired) electrons. The molecule has 138 valence electrons. The zero-order valence-electron chi connectivity index (χ0n) is 15.3. The molecule has 0 fully saturated rings. The van der Waals surface area contributed by atoms with E-state index in [1.807, 2.05) is 54.6 Å². The normalized spacial score (nSPS) is 25.4. The van der Waals surface area contributed by atoms with Crippen molar-refractivity contribution in [2.45, 2.75) is 31.4 Å². The van der Waals surface area contributed by atoms with Gasteiger partial charge in [-0.1, -0.05) is 72.8 Å². The standard InChI is InChI=1S/C24H25NO2/c26-22-14-20(18-9-5-2-6-10-18)13-21(15-22)24(27)23-16-19(11-12-25-23)17-7-3-1-4-8-17/h1-11,14,21-23,25-26H,12-13,15-16H2/t21?,22-,23?/m1/s1. The van der Waals surface area contributed by atoms with Crippen LogP contribution in [0.3, 0.4) is 0 Å². The quantitative estimate of drug-likeness (QED) is 0.872. The molecule has 0 bridgehead atoms. The van der Waals surface area contributed by atoms with E-state index in [1.54, 1.807) is 0 Å². The maximum absolute atomic E-state index is 13.2. The van der Waals surface area contributed by atoms with Crippen LogP contribution >= 0.6 is 0 Å². The highest BCUT2D eigenvalue weighted by Gasteiger charge is 2.33. The molecule has 2 N–H and O–H groups in total. The molecular weight excluding hydrogens is 334 g/mol. The second-order valence-corrected chi connectivity index (χ2v) is 7.42. The number of hydrogen-bond acceptors (Lipinski definition) is 3. The van der Waals surface area contributed by atoms with E-state index in [0.29, 0.717) is 25.8 Å². The van der Waals surface area contributed by atoms with E-state index < -0.39 is 6.10 Å². The molecule has 1 aliphatic carbocycles. The first kappa shape index (κ1) is 17.9. The van der Waals surface area contributed by atoms with Crippen molar-refractivity contribution in [1.29, 1.82) is 0 Å². The number of nitrogens with one attached hydrogen (secondary N) is 1. The van der Waals surface area contributed by atoms with Gasteiger partial charge in [-0.3, -0.25) is 4.79 Å². The van der Waals surface area contributed by atoms with Gasteiger partial charge in [0.1, 0.15) is 0 Å². The Kier molecular flexibility index (Phi) is 5.33. The third-order valence-electron chi connectivity index (χ3n) is 5.56. The summed E-state index contributed by atoms with van der Waals surface area (Å²) in [4.78, 5) is 13.2. The van der Waals surface area contributed by atoms with Gasteiger partial charge in [-0.2, -0.15) is 0 Å². The Morgan fingerprint density at radius 2 is 1.52 bits per heavy atom. The molecule has 0 saturated heterocycles. The molecule has 0 saturated carbocycles. The lowest BCUT2D eigenvalue weighted by atomic mass is 9.78. The van der Waals surface area contributed by atoms with Crippen LogP contribution in [0.25, 0.3) is 11.1 Å². The van der Waals surface area contributed by atoms with Gasteiger partial charge in [0.15, 0.2) is 5.78 Å². The van der Waals surface area contributed by atoms with Crippen LogP contribution in [0, 0.1) is 5.92 Å². The first-order chi connectivity index (χ1) is 13.2. The minimum Gasteiger partial charge on any atom is -0.389 e. The third kappa shape index (κ3) is 4.10. The van der Waals surface area contributed by atoms with Gasteiger partial charge in [0.2, 0.25) is 0 Å². The molecule has 4 rings (SSSR count). The summed E-state index contributed by atoms with van der Waals surface area (Å²) in [5.41, 5.74) is 4.58. The summed E-state index contributed by atoms with van der Waals surface area (Å²) in [6, 6.07) is 20.1. The largest absolute Gasteiger partial charge is 0.389 e. The minimum atomic E-state index is -0.560. The van der Waals surface area contributed by atoms with Gasteiger partial charge in [0, 0.05) is 12.5 Å². The first-order valence-electron chi connectivity index (χ1n) is 9.66. The van der Waals surface area contributed by atoms with Crippen molar-refractivity contribution in [3.05, 3.63) is 83.9 Å². The lowest BCUT2D eigenvalue weighted by molar-refractivity contribution is -0.125. The maximum atomic E-state index is 13.2. The van der Waals surface area contributed by atoms with Gasteiger partial charge in [-0.05, 0) is 41.5 Å². The molecule has 0 amide bonds. The summed E-state index contributed by atoms with van der Waals surface area (Å²) in [6.45, 7) is 0.706. The average Bonchev–Trinajstić information content (AvgIpc) is 2.74. The molecule has 0 spiro atoms. The van der Waals surface area contributed by atoms with Crippen molar-refractivity contribution in [1.82, 2.24) is 5.32 Å². The minimum absolute atomic E-state index is 0.146. The summed E-state index contributed by atoms with van der Waals surface area (Å²) in [5.74, 6) is 0.0740. The molecule has 3 heteroatoms. The number of aliphatic hydroxyl groups excluding tert-OH is 1. The van der Waals surface area contributed by atoms with E-state index in [0.717, 1.165) is 11.1 Å². The molecule has 27 heavy (non-hydrogen) atoms. The summed E-state index contributed by atoms with van der Waals surface area (Å²) in [7, 11) is 0. The molecule has 2 aromatic carbocycles.